The maximum absolute atomic E-state index is 10.9. The van der Waals surface area contributed by atoms with Gasteiger partial charge >= 0.3 is 5.97 Å². The highest BCUT2D eigenvalue weighted by molar-refractivity contribution is 5.91. The first-order valence-corrected chi connectivity index (χ1v) is 4.63. The number of hydrogen-bond donors (Lipinski definition) is 2. The van der Waals surface area contributed by atoms with Gasteiger partial charge in [-0.2, -0.15) is 5.26 Å². The number of nitriles is 1. The molecular formula is C11H12N2O2. The quantitative estimate of drug-likeness (QED) is 0.776. The van der Waals surface area contributed by atoms with Gasteiger partial charge in [0, 0.05) is 6.54 Å². The molecule has 0 atom stereocenters. The van der Waals surface area contributed by atoms with E-state index in [1.165, 1.54) is 6.07 Å². The lowest BCUT2D eigenvalue weighted by molar-refractivity contribution is 0.0696. The van der Waals surface area contributed by atoms with Crippen LogP contribution in [0.1, 0.15) is 34.0 Å². The fourth-order valence-corrected chi connectivity index (χ4v) is 1.56. The Morgan fingerprint density at radius 3 is 2.67 bits per heavy atom. The molecule has 78 valence electrons. The Kier molecular flexibility index (Phi) is 3.42. The number of hydrogen-bond acceptors (Lipinski definition) is 3. The summed E-state index contributed by atoms with van der Waals surface area (Å²) in [5.74, 6) is -1.09. The van der Waals surface area contributed by atoms with E-state index in [9.17, 15) is 4.79 Å². The van der Waals surface area contributed by atoms with E-state index < -0.39 is 5.97 Å². The summed E-state index contributed by atoms with van der Waals surface area (Å²) in [6, 6.07) is 5.08. The Balaban J connectivity index is 3.50. The summed E-state index contributed by atoms with van der Waals surface area (Å²) in [6.45, 7) is 2.13. The second-order valence-corrected chi connectivity index (χ2v) is 3.10. The van der Waals surface area contributed by atoms with Crippen LogP contribution in [0.4, 0.5) is 0 Å². The van der Waals surface area contributed by atoms with Crippen LogP contribution in [0.3, 0.4) is 0 Å². The number of nitrogens with two attached hydrogens (primary N) is 1. The molecule has 0 spiro atoms. The normalized spacial score (nSPS) is 9.67. The van der Waals surface area contributed by atoms with Crippen molar-refractivity contribution in [2.24, 2.45) is 5.73 Å². The number of benzene rings is 1. The first-order chi connectivity index (χ1) is 7.15. The SMILES string of the molecule is CCc1ccc(C(=O)O)c(C#N)c1CN. The lowest BCUT2D eigenvalue weighted by Gasteiger charge is -2.09. The summed E-state index contributed by atoms with van der Waals surface area (Å²) in [5.41, 5.74) is 7.30. The van der Waals surface area contributed by atoms with Crippen LogP contribution in [0.2, 0.25) is 0 Å². The highest BCUT2D eigenvalue weighted by atomic mass is 16.4. The van der Waals surface area contributed by atoms with Crippen molar-refractivity contribution in [2.45, 2.75) is 19.9 Å². The number of rotatable bonds is 3. The highest BCUT2D eigenvalue weighted by Gasteiger charge is 2.15. The predicted molar refractivity (Wildman–Crippen MR) is 55.4 cm³/mol. The van der Waals surface area contributed by atoms with Gasteiger partial charge in [0.05, 0.1) is 11.1 Å². The molecule has 0 saturated carbocycles. The van der Waals surface area contributed by atoms with E-state index in [4.69, 9.17) is 16.1 Å². The van der Waals surface area contributed by atoms with Gasteiger partial charge in [0.1, 0.15) is 6.07 Å². The molecule has 1 aromatic rings. The Hall–Kier alpha value is -1.86. The predicted octanol–water partition coefficient (Wildman–Crippen LogP) is 1.28. The number of nitrogens with zero attached hydrogens (tertiary/aromatic N) is 1. The third kappa shape index (κ3) is 1.97. The van der Waals surface area contributed by atoms with Crippen molar-refractivity contribution in [3.05, 3.63) is 34.4 Å². The molecule has 0 aliphatic rings. The topological polar surface area (TPSA) is 87.1 Å². The van der Waals surface area contributed by atoms with Gasteiger partial charge in [-0.05, 0) is 23.6 Å². The van der Waals surface area contributed by atoms with Gasteiger partial charge in [0.2, 0.25) is 0 Å². The molecule has 1 aromatic carbocycles. The molecule has 0 amide bonds. The molecule has 0 aromatic heterocycles. The fraction of sp³-hybridized carbons (Fsp3) is 0.273. The monoisotopic (exact) mass is 204 g/mol. The summed E-state index contributed by atoms with van der Waals surface area (Å²) >= 11 is 0. The summed E-state index contributed by atoms with van der Waals surface area (Å²) in [4.78, 5) is 10.9. The Labute approximate surface area is 87.9 Å². The molecular weight excluding hydrogens is 192 g/mol. The zero-order valence-electron chi connectivity index (χ0n) is 8.45. The Bertz CT molecular complexity index is 433. The van der Waals surface area contributed by atoms with E-state index in [-0.39, 0.29) is 17.7 Å². The van der Waals surface area contributed by atoms with Gasteiger partial charge in [0.15, 0.2) is 0 Å². The number of aryl methyl sites for hydroxylation is 1. The van der Waals surface area contributed by atoms with E-state index >= 15 is 0 Å². The van der Waals surface area contributed by atoms with Crippen molar-refractivity contribution in [2.75, 3.05) is 0 Å². The number of carboxylic acid groups (broad SMARTS) is 1. The molecule has 4 heteroatoms. The van der Waals surface area contributed by atoms with Crippen LogP contribution in [-0.2, 0) is 13.0 Å². The standard InChI is InChI=1S/C11H12N2O2/c1-2-7-3-4-8(11(14)15)10(6-13)9(7)5-12/h3-4H,2,5,12H2,1H3,(H,14,15). The lowest BCUT2D eigenvalue weighted by Crippen LogP contribution is -2.09. The molecule has 0 saturated heterocycles. The van der Waals surface area contributed by atoms with Crippen molar-refractivity contribution in [1.82, 2.24) is 0 Å². The lowest BCUT2D eigenvalue weighted by atomic mass is 9.95. The molecule has 0 bridgehead atoms. The Morgan fingerprint density at radius 2 is 2.27 bits per heavy atom. The van der Waals surface area contributed by atoms with Crippen LogP contribution in [0, 0.1) is 11.3 Å². The number of carboxylic acids is 1. The summed E-state index contributed by atoms with van der Waals surface area (Å²) in [5, 5.41) is 17.8. The van der Waals surface area contributed by atoms with Gasteiger partial charge in [-0.1, -0.05) is 13.0 Å². The molecule has 3 N–H and O–H groups in total. The largest absolute Gasteiger partial charge is 0.478 e. The molecule has 0 aliphatic carbocycles. The molecule has 15 heavy (non-hydrogen) atoms. The van der Waals surface area contributed by atoms with E-state index in [0.29, 0.717) is 5.56 Å². The van der Waals surface area contributed by atoms with Crippen LogP contribution in [0.25, 0.3) is 0 Å². The zero-order chi connectivity index (χ0) is 11.4. The molecule has 0 aliphatic heterocycles. The van der Waals surface area contributed by atoms with Gasteiger partial charge in [-0.15, -0.1) is 0 Å². The van der Waals surface area contributed by atoms with Crippen molar-refractivity contribution >= 4 is 5.97 Å². The van der Waals surface area contributed by atoms with Crippen LogP contribution in [0.15, 0.2) is 12.1 Å². The average Bonchev–Trinajstić information content (AvgIpc) is 2.26. The third-order valence-corrected chi connectivity index (χ3v) is 2.34. The Morgan fingerprint density at radius 1 is 1.60 bits per heavy atom. The summed E-state index contributed by atoms with van der Waals surface area (Å²) < 4.78 is 0. The highest BCUT2D eigenvalue weighted by Crippen LogP contribution is 2.19. The minimum atomic E-state index is -1.09. The first kappa shape index (κ1) is 11.2. The van der Waals surface area contributed by atoms with Crippen molar-refractivity contribution in [3.8, 4) is 6.07 Å². The fourth-order valence-electron chi connectivity index (χ4n) is 1.56. The van der Waals surface area contributed by atoms with Gasteiger partial charge in [-0.3, -0.25) is 0 Å². The van der Waals surface area contributed by atoms with Crippen LogP contribution in [-0.4, -0.2) is 11.1 Å². The number of carbonyl (C=O) groups is 1. The molecule has 0 radical (unpaired) electrons. The van der Waals surface area contributed by atoms with E-state index in [1.54, 1.807) is 6.07 Å². The molecule has 0 heterocycles. The second-order valence-electron chi connectivity index (χ2n) is 3.10. The van der Waals surface area contributed by atoms with E-state index in [0.717, 1.165) is 12.0 Å². The molecule has 4 nitrogen and oxygen atoms in total. The van der Waals surface area contributed by atoms with Crippen molar-refractivity contribution < 1.29 is 9.90 Å². The summed E-state index contributed by atoms with van der Waals surface area (Å²) in [6.07, 6.45) is 0.737. The molecule has 0 unspecified atom stereocenters. The van der Waals surface area contributed by atoms with Crippen molar-refractivity contribution in [3.63, 3.8) is 0 Å². The van der Waals surface area contributed by atoms with Crippen LogP contribution in [0.5, 0.6) is 0 Å². The van der Waals surface area contributed by atoms with Gasteiger partial charge in [-0.25, -0.2) is 4.79 Å². The van der Waals surface area contributed by atoms with E-state index in [2.05, 4.69) is 0 Å². The summed E-state index contributed by atoms with van der Waals surface area (Å²) in [7, 11) is 0. The zero-order valence-corrected chi connectivity index (χ0v) is 8.45. The smallest absolute Gasteiger partial charge is 0.337 e. The molecule has 0 fully saturated rings. The number of aromatic carboxylic acids is 1. The molecule has 1 rings (SSSR count). The maximum atomic E-state index is 10.9. The first-order valence-electron chi connectivity index (χ1n) is 4.63. The maximum Gasteiger partial charge on any atom is 0.337 e. The van der Waals surface area contributed by atoms with Gasteiger partial charge < -0.3 is 10.8 Å². The van der Waals surface area contributed by atoms with Crippen molar-refractivity contribution in [1.29, 1.82) is 5.26 Å². The van der Waals surface area contributed by atoms with E-state index in [1.807, 2.05) is 13.0 Å². The third-order valence-electron chi connectivity index (χ3n) is 2.34. The second kappa shape index (κ2) is 4.58. The average molecular weight is 204 g/mol. The van der Waals surface area contributed by atoms with Gasteiger partial charge in [0.25, 0.3) is 0 Å². The van der Waals surface area contributed by atoms with Crippen LogP contribution >= 0.6 is 0 Å². The van der Waals surface area contributed by atoms with Crippen LogP contribution < -0.4 is 5.73 Å². The minimum absolute atomic E-state index is 0.0233. The minimum Gasteiger partial charge on any atom is -0.478 e.